The van der Waals surface area contributed by atoms with E-state index in [-0.39, 0.29) is 17.5 Å². The topological polar surface area (TPSA) is 83.9 Å². The van der Waals surface area contributed by atoms with Crippen molar-refractivity contribution in [1.82, 2.24) is 20.6 Å². The Balaban J connectivity index is 1.31. The number of unbranched alkanes of at least 4 members (excludes halogenated alkanes) is 2. The minimum absolute atomic E-state index is 0.130. The molecular formula is C27H29FN4O2. The van der Waals surface area contributed by atoms with Gasteiger partial charge in [-0.05, 0) is 64.6 Å². The Hall–Kier alpha value is -3.74. The number of nitrogens with zero attached hydrogens (tertiary/aromatic N) is 3. The summed E-state index contributed by atoms with van der Waals surface area (Å²) in [4.78, 5) is 0. The first-order valence-electron chi connectivity index (χ1n) is 11.7. The minimum Gasteiger partial charge on any atom is -0.507 e. The van der Waals surface area contributed by atoms with Gasteiger partial charge < -0.3 is 9.84 Å². The number of hydrogen-bond donors (Lipinski definition) is 2. The van der Waals surface area contributed by atoms with Gasteiger partial charge in [-0.15, -0.1) is 5.10 Å². The number of halogens is 1. The molecule has 1 atom stereocenters. The van der Waals surface area contributed by atoms with E-state index < -0.39 is 0 Å². The molecule has 7 heteroatoms. The highest BCUT2D eigenvalue weighted by Gasteiger charge is 2.17. The third kappa shape index (κ3) is 5.78. The predicted octanol–water partition coefficient (Wildman–Crippen LogP) is 6.05. The number of ether oxygens (including phenoxy) is 1. The first-order chi connectivity index (χ1) is 16.7. The molecule has 0 aliphatic heterocycles. The smallest absolute Gasteiger partial charge is 0.155 e. The molecular weight excluding hydrogens is 431 g/mol. The average Bonchev–Trinajstić information content (AvgIpc) is 3.39. The van der Waals surface area contributed by atoms with Crippen LogP contribution < -0.4 is 4.74 Å². The molecule has 0 radical (unpaired) electrons. The quantitative estimate of drug-likeness (QED) is 0.266. The van der Waals surface area contributed by atoms with E-state index in [0.29, 0.717) is 17.9 Å². The van der Waals surface area contributed by atoms with Crippen LogP contribution in [0.3, 0.4) is 0 Å². The number of aromatic amines is 1. The van der Waals surface area contributed by atoms with Crippen molar-refractivity contribution >= 4 is 0 Å². The third-order valence-electron chi connectivity index (χ3n) is 6.00. The predicted molar refractivity (Wildman–Crippen MR) is 129 cm³/mol. The summed E-state index contributed by atoms with van der Waals surface area (Å²) in [6.45, 7) is 2.62. The maximum Gasteiger partial charge on any atom is 0.155 e. The van der Waals surface area contributed by atoms with Gasteiger partial charge in [0.1, 0.15) is 17.3 Å². The zero-order valence-corrected chi connectivity index (χ0v) is 19.2. The van der Waals surface area contributed by atoms with E-state index in [0.717, 1.165) is 49.1 Å². The lowest BCUT2D eigenvalue weighted by Gasteiger charge is -2.15. The second-order valence-corrected chi connectivity index (χ2v) is 8.29. The highest BCUT2D eigenvalue weighted by atomic mass is 19.1. The molecule has 176 valence electrons. The molecule has 0 amide bonds. The number of rotatable bonds is 11. The van der Waals surface area contributed by atoms with Crippen molar-refractivity contribution < 1.29 is 14.2 Å². The lowest BCUT2D eigenvalue weighted by atomic mass is 9.92. The van der Waals surface area contributed by atoms with Crippen LogP contribution in [0.5, 0.6) is 11.5 Å². The van der Waals surface area contributed by atoms with Crippen molar-refractivity contribution in [3.8, 4) is 22.6 Å². The maximum atomic E-state index is 13.2. The maximum absolute atomic E-state index is 13.2. The molecule has 0 aliphatic rings. The van der Waals surface area contributed by atoms with Gasteiger partial charge in [0.05, 0.1) is 6.61 Å². The normalized spacial score (nSPS) is 11.9. The summed E-state index contributed by atoms with van der Waals surface area (Å²) >= 11 is 0. The van der Waals surface area contributed by atoms with Crippen LogP contribution in [0.1, 0.15) is 55.5 Å². The molecule has 1 aromatic heterocycles. The number of nitrogens with one attached hydrogen (secondary N) is 1. The molecule has 6 nitrogen and oxygen atoms in total. The van der Waals surface area contributed by atoms with Crippen molar-refractivity contribution in [1.29, 1.82) is 0 Å². The van der Waals surface area contributed by atoms with E-state index in [4.69, 9.17) is 4.74 Å². The lowest BCUT2D eigenvalue weighted by Crippen LogP contribution is -2.05. The van der Waals surface area contributed by atoms with Gasteiger partial charge in [-0.1, -0.05) is 62.2 Å². The summed E-state index contributed by atoms with van der Waals surface area (Å²) in [7, 11) is 0. The highest BCUT2D eigenvalue weighted by molar-refractivity contribution is 5.72. The molecule has 4 rings (SSSR count). The molecule has 0 saturated heterocycles. The van der Waals surface area contributed by atoms with Gasteiger partial charge >= 0.3 is 0 Å². The van der Waals surface area contributed by atoms with Crippen LogP contribution in [0.25, 0.3) is 11.1 Å². The van der Waals surface area contributed by atoms with Gasteiger partial charge in [-0.3, -0.25) is 0 Å². The molecule has 1 unspecified atom stereocenters. The van der Waals surface area contributed by atoms with Gasteiger partial charge in [0, 0.05) is 17.5 Å². The molecule has 0 aliphatic carbocycles. The first kappa shape index (κ1) is 23.4. The van der Waals surface area contributed by atoms with Crippen LogP contribution >= 0.6 is 0 Å². The van der Waals surface area contributed by atoms with Gasteiger partial charge in [0.2, 0.25) is 0 Å². The van der Waals surface area contributed by atoms with Gasteiger partial charge in [0.15, 0.2) is 5.82 Å². The third-order valence-corrected chi connectivity index (χ3v) is 6.00. The average molecular weight is 461 g/mol. The number of benzene rings is 3. The SMILES string of the molecule is CCc1cc(-c2ccc(F)cc2)c(O)cc1OCCCCCC(c1ccccc1)c1nnn[nH]1. The monoisotopic (exact) mass is 460 g/mol. The van der Waals surface area contributed by atoms with Crippen molar-refractivity contribution in [3.63, 3.8) is 0 Å². The van der Waals surface area contributed by atoms with E-state index >= 15 is 0 Å². The molecule has 0 saturated carbocycles. The molecule has 0 fully saturated rings. The van der Waals surface area contributed by atoms with Crippen molar-refractivity contribution in [2.45, 2.75) is 44.9 Å². The second-order valence-electron chi connectivity index (χ2n) is 8.29. The van der Waals surface area contributed by atoms with Crippen molar-refractivity contribution in [2.75, 3.05) is 6.61 Å². The summed E-state index contributed by atoms with van der Waals surface area (Å²) < 4.78 is 19.3. The highest BCUT2D eigenvalue weighted by Crippen LogP contribution is 2.36. The molecule has 34 heavy (non-hydrogen) atoms. The van der Waals surface area contributed by atoms with Crippen LogP contribution in [-0.2, 0) is 6.42 Å². The molecule has 1 heterocycles. The summed E-state index contributed by atoms with van der Waals surface area (Å²) in [5.41, 5.74) is 3.66. The van der Waals surface area contributed by atoms with Crippen LogP contribution in [0.4, 0.5) is 4.39 Å². The van der Waals surface area contributed by atoms with Gasteiger partial charge in [0.25, 0.3) is 0 Å². The molecule has 2 N–H and O–H groups in total. The van der Waals surface area contributed by atoms with Crippen molar-refractivity contribution in [3.05, 3.63) is 89.5 Å². The number of aryl methyl sites for hydroxylation is 1. The van der Waals surface area contributed by atoms with Crippen molar-refractivity contribution in [2.24, 2.45) is 0 Å². The number of aromatic nitrogens is 4. The van der Waals surface area contributed by atoms with Crippen LogP contribution in [0.2, 0.25) is 0 Å². The number of H-pyrrole nitrogens is 1. The number of hydrogen-bond acceptors (Lipinski definition) is 5. The summed E-state index contributed by atoms with van der Waals surface area (Å²) in [5, 5.41) is 25.0. The minimum atomic E-state index is -0.300. The molecule has 3 aromatic carbocycles. The fraction of sp³-hybridized carbons (Fsp3) is 0.296. The molecule has 4 aromatic rings. The second kappa shape index (κ2) is 11.4. The lowest BCUT2D eigenvalue weighted by molar-refractivity contribution is 0.300. The largest absolute Gasteiger partial charge is 0.507 e. The van der Waals surface area contributed by atoms with Crippen LogP contribution in [0, 0.1) is 5.82 Å². The van der Waals surface area contributed by atoms with Gasteiger partial charge in [-0.25, -0.2) is 9.49 Å². The summed E-state index contributed by atoms with van der Waals surface area (Å²) in [5.74, 6) is 1.45. The zero-order chi connectivity index (χ0) is 23.8. The number of tetrazole rings is 1. The van der Waals surface area contributed by atoms with Gasteiger partial charge in [-0.2, -0.15) is 0 Å². The zero-order valence-electron chi connectivity index (χ0n) is 19.2. The molecule has 0 spiro atoms. The Kier molecular flexibility index (Phi) is 7.86. The summed E-state index contributed by atoms with van der Waals surface area (Å²) in [6, 6.07) is 20.0. The molecule has 0 bridgehead atoms. The van der Waals surface area contributed by atoms with Crippen LogP contribution in [0.15, 0.2) is 66.7 Å². The Morgan fingerprint density at radius 3 is 2.50 bits per heavy atom. The standard InChI is InChI=1S/C27H29FN4O2/c1-2-19-17-24(21-12-14-22(28)15-13-21)25(33)18-26(19)34-16-8-4-7-11-23(27-29-31-32-30-27)20-9-5-3-6-10-20/h3,5-6,9-10,12-15,17-18,23,33H,2,4,7-8,11,16H2,1H3,(H,29,30,31,32). The Labute approximate surface area is 198 Å². The number of aromatic hydroxyl groups is 1. The van der Waals surface area contributed by atoms with E-state index in [1.54, 1.807) is 18.2 Å². The first-order valence-corrected chi connectivity index (χ1v) is 11.7. The Bertz CT molecular complexity index is 1170. The van der Waals surface area contributed by atoms with E-state index in [1.807, 2.05) is 24.3 Å². The van der Waals surface area contributed by atoms with Crippen LogP contribution in [-0.4, -0.2) is 32.3 Å². The van der Waals surface area contributed by atoms with E-state index in [1.165, 1.54) is 17.7 Å². The fourth-order valence-corrected chi connectivity index (χ4v) is 4.16. The number of phenolic OH excluding ortho intramolecular Hbond substituents is 1. The Morgan fingerprint density at radius 1 is 1.00 bits per heavy atom. The Morgan fingerprint density at radius 2 is 1.79 bits per heavy atom. The summed E-state index contributed by atoms with van der Waals surface area (Å²) in [6.07, 6.45) is 4.63. The van der Waals surface area contributed by atoms with E-state index in [2.05, 4.69) is 39.7 Å². The number of phenols is 1. The van der Waals surface area contributed by atoms with E-state index in [9.17, 15) is 9.50 Å². The fourth-order valence-electron chi connectivity index (χ4n) is 4.16.